The number of hydrogen-bond donors (Lipinski definition) is 2. The summed E-state index contributed by atoms with van der Waals surface area (Å²) < 4.78 is 11.0. The molecule has 0 aliphatic heterocycles. The van der Waals surface area contributed by atoms with E-state index < -0.39 is 0 Å². The molecule has 6 nitrogen and oxygen atoms in total. The van der Waals surface area contributed by atoms with Gasteiger partial charge in [-0.05, 0) is 38.0 Å². The molecular formula is C19H27N3O3S. The van der Waals surface area contributed by atoms with E-state index in [0.717, 1.165) is 22.7 Å². The summed E-state index contributed by atoms with van der Waals surface area (Å²) in [6, 6.07) is 5.97. The second-order valence-electron chi connectivity index (χ2n) is 5.90. The fourth-order valence-electron chi connectivity index (χ4n) is 2.51. The standard InChI is InChI=1S/C19H27N3O3S/c1-5-15(19-22-13(3)12-26-19)21-10-14-7-8-16(17(9-14)24-4)25-11-18(23)20-6-2/h7-9,12,15,21H,5-6,10-11H2,1-4H3,(H,20,23). The molecule has 1 heterocycles. The van der Waals surface area contributed by atoms with Crippen molar-refractivity contribution in [1.82, 2.24) is 15.6 Å². The van der Waals surface area contributed by atoms with E-state index in [4.69, 9.17) is 9.47 Å². The lowest BCUT2D eigenvalue weighted by Crippen LogP contribution is -2.28. The summed E-state index contributed by atoms with van der Waals surface area (Å²) in [6.07, 6.45) is 0.970. The van der Waals surface area contributed by atoms with E-state index in [1.54, 1.807) is 18.4 Å². The molecule has 26 heavy (non-hydrogen) atoms. The molecule has 1 aromatic carbocycles. The molecule has 0 saturated carbocycles. The molecule has 2 N–H and O–H groups in total. The second-order valence-corrected chi connectivity index (χ2v) is 6.79. The topological polar surface area (TPSA) is 72.5 Å². The molecule has 142 valence electrons. The summed E-state index contributed by atoms with van der Waals surface area (Å²) in [5.74, 6) is 1.03. The Bertz CT molecular complexity index is 718. The van der Waals surface area contributed by atoms with Crippen molar-refractivity contribution in [3.8, 4) is 11.5 Å². The average molecular weight is 378 g/mol. The molecule has 1 atom stereocenters. The highest BCUT2D eigenvalue weighted by Gasteiger charge is 2.13. The number of aromatic nitrogens is 1. The summed E-state index contributed by atoms with van der Waals surface area (Å²) >= 11 is 1.68. The Morgan fingerprint density at radius 3 is 2.73 bits per heavy atom. The number of carbonyl (C=O) groups is 1. The van der Waals surface area contributed by atoms with Gasteiger partial charge in [0.2, 0.25) is 0 Å². The van der Waals surface area contributed by atoms with Crippen molar-refractivity contribution in [2.75, 3.05) is 20.3 Å². The Hall–Kier alpha value is -2.12. The first kappa shape index (κ1) is 20.2. The monoisotopic (exact) mass is 377 g/mol. The van der Waals surface area contributed by atoms with Crippen LogP contribution in [0.1, 0.15) is 42.6 Å². The van der Waals surface area contributed by atoms with Crippen molar-refractivity contribution < 1.29 is 14.3 Å². The number of amides is 1. The molecule has 0 saturated heterocycles. The fraction of sp³-hybridized carbons (Fsp3) is 0.474. The second kappa shape index (κ2) is 10.1. The van der Waals surface area contributed by atoms with E-state index in [1.165, 1.54) is 0 Å². The molecule has 7 heteroatoms. The summed E-state index contributed by atoms with van der Waals surface area (Å²) in [7, 11) is 1.60. The number of aryl methyl sites for hydroxylation is 1. The van der Waals surface area contributed by atoms with Crippen molar-refractivity contribution in [2.24, 2.45) is 0 Å². The van der Waals surface area contributed by atoms with E-state index in [0.29, 0.717) is 24.6 Å². The number of hydrogen-bond acceptors (Lipinski definition) is 6. The number of rotatable bonds is 10. The third-order valence-corrected chi connectivity index (χ3v) is 4.93. The maximum Gasteiger partial charge on any atom is 0.257 e. The van der Waals surface area contributed by atoms with Gasteiger partial charge in [0.25, 0.3) is 5.91 Å². The fourth-order valence-corrected chi connectivity index (χ4v) is 3.47. The lowest BCUT2D eigenvalue weighted by Gasteiger charge is -2.16. The highest BCUT2D eigenvalue weighted by molar-refractivity contribution is 7.09. The largest absolute Gasteiger partial charge is 0.493 e. The van der Waals surface area contributed by atoms with Crippen molar-refractivity contribution in [2.45, 2.75) is 39.8 Å². The van der Waals surface area contributed by atoms with Crippen LogP contribution in [-0.4, -0.2) is 31.2 Å². The summed E-state index contributed by atoms with van der Waals surface area (Å²) in [4.78, 5) is 16.1. The molecule has 0 radical (unpaired) electrons. The molecule has 2 rings (SSSR count). The minimum absolute atomic E-state index is 0.0247. The first-order chi connectivity index (χ1) is 12.6. The van der Waals surface area contributed by atoms with Gasteiger partial charge in [-0.2, -0.15) is 0 Å². The Labute approximate surface area is 158 Å². The zero-order chi connectivity index (χ0) is 18.9. The molecule has 1 aromatic heterocycles. The third kappa shape index (κ3) is 5.71. The first-order valence-corrected chi connectivity index (χ1v) is 9.67. The van der Waals surface area contributed by atoms with Gasteiger partial charge in [0, 0.05) is 24.2 Å². The lowest BCUT2D eigenvalue weighted by molar-refractivity contribution is -0.123. The summed E-state index contributed by atoms with van der Waals surface area (Å²) in [6.45, 7) is 7.29. The van der Waals surface area contributed by atoms with Crippen molar-refractivity contribution >= 4 is 17.2 Å². The number of ether oxygens (including phenoxy) is 2. The molecule has 0 bridgehead atoms. The predicted octanol–water partition coefficient (Wildman–Crippen LogP) is 3.22. The predicted molar refractivity (Wildman–Crippen MR) is 104 cm³/mol. The average Bonchev–Trinajstić information content (AvgIpc) is 3.07. The SMILES string of the molecule is CCNC(=O)COc1ccc(CNC(CC)c2nc(C)cs2)cc1OC. The molecule has 0 fully saturated rings. The quantitative estimate of drug-likeness (QED) is 0.665. The molecule has 0 aliphatic carbocycles. The molecular weight excluding hydrogens is 350 g/mol. The van der Waals surface area contributed by atoms with Crippen LogP contribution < -0.4 is 20.1 Å². The molecule has 0 aliphatic rings. The van der Waals surface area contributed by atoms with Crippen LogP contribution in [0, 0.1) is 6.92 Å². The Morgan fingerprint density at radius 1 is 1.31 bits per heavy atom. The first-order valence-electron chi connectivity index (χ1n) is 8.79. The summed E-state index contributed by atoms with van der Waals surface area (Å²) in [5.41, 5.74) is 2.14. The van der Waals surface area contributed by atoms with E-state index in [9.17, 15) is 4.79 Å². The normalized spacial score (nSPS) is 11.8. The van der Waals surface area contributed by atoms with Crippen LogP contribution in [0.5, 0.6) is 11.5 Å². The van der Waals surface area contributed by atoms with Crippen LogP contribution in [0.4, 0.5) is 0 Å². The van der Waals surface area contributed by atoms with Crippen molar-refractivity contribution in [1.29, 1.82) is 0 Å². The number of nitrogens with one attached hydrogen (secondary N) is 2. The van der Waals surface area contributed by atoms with E-state index in [1.807, 2.05) is 32.0 Å². The highest BCUT2D eigenvalue weighted by Crippen LogP contribution is 2.28. The molecule has 1 unspecified atom stereocenters. The van der Waals surface area contributed by atoms with Gasteiger partial charge in [0.15, 0.2) is 18.1 Å². The van der Waals surface area contributed by atoms with Crippen LogP contribution >= 0.6 is 11.3 Å². The van der Waals surface area contributed by atoms with Gasteiger partial charge in [-0.15, -0.1) is 11.3 Å². The van der Waals surface area contributed by atoms with Crippen LogP contribution in [0.25, 0.3) is 0 Å². The van der Waals surface area contributed by atoms with Crippen molar-refractivity contribution in [3.63, 3.8) is 0 Å². The van der Waals surface area contributed by atoms with Crippen LogP contribution in [0.3, 0.4) is 0 Å². The van der Waals surface area contributed by atoms with Gasteiger partial charge in [0.1, 0.15) is 5.01 Å². The zero-order valence-electron chi connectivity index (χ0n) is 15.8. The smallest absolute Gasteiger partial charge is 0.257 e. The van der Waals surface area contributed by atoms with Gasteiger partial charge in [-0.3, -0.25) is 4.79 Å². The Balaban J connectivity index is 1.98. The van der Waals surface area contributed by atoms with Gasteiger partial charge < -0.3 is 20.1 Å². The van der Waals surface area contributed by atoms with Gasteiger partial charge in [0.05, 0.1) is 13.2 Å². The number of thiazole rings is 1. The van der Waals surface area contributed by atoms with Gasteiger partial charge in [-0.1, -0.05) is 13.0 Å². The number of carbonyl (C=O) groups excluding carboxylic acids is 1. The van der Waals surface area contributed by atoms with Gasteiger partial charge in [-0.25, -0.2) is 4.98 Å². The number of nitrogens with zero attached hydrogens (tertiary/aromatic N) is 1. The minimum atomic E-state index is -0.148. The van der Waals surface area contributed by atoms with Gasteiger partial charge >= 0.3 is 0 Å². The van der Waals surface area contributed by atoms with Crippen molar-refractivity contribution in [3.05, 3.63) is 39.8 Å². The Kier molecular flexibility index (Phi) is 7.87. The highest BCUT2D eigenvalue weighted by atomic mass is 32.1. The van der Waals surface area contributed by atoms with Crippen LogP contribution in [0.2, 0.25) is 0 Å². The van der Waals surface area contributed by atoms with E-state index in [2.05, 4.69) is 27.9 Å². The maximum atomic E-state index is 11.5. The Morgan fingerprint density at radius 2 is 2.12 bits per heavy atom. The van der Waals surface area contributed by atoms with E-state index in [-0.39, 0.29) is 18.6 Å². The molecule has 1 amide bonds. The maximum absolute atomic E-state index is 11.5. The summed E-state index contributed by atoms with van der Waals surface area (Å²) in [5, 5.41) is 9.42. The van der Waals surface area contributed by atoms with Crippen LogP contribution in [-0.2, 0) is 11.3 Å². The molecule has 2 aromatic rings. The zero-order valence-corrected chi connectivity index (χ0v) is 16.6. The van der Waals surface area contributed by atoms with Crippen LogP contribution in [0.15, 0.2) is 23.6 Å². The number of methoxy groups -OCH3 is 1. The third-order valence-electron chi connectivity index (χ3n) is 3.86. The minimum Gasteiger partial charge on any atom is -0.493 e. The number of likely N-dealkylation sites (N-methyl/N-ethyl adjacent to an activating group) is 1. The van der Waals surface area contributed by atoms with E-state index >= 15 is 0 Å². The molecule has 0 spiro atoms. The number of benzene rings is 1. The lowest BCUT2D eigenvalue weighted by atomic mass is 10.1.